The summed E-state index contributed by atoms with van der Waals surface area (Å²) >= 11 is 6.29. The Kier molecular flexibility index (Phi) is 8.34. The number of anilines is 1. The van der Waals surface area contributed by atoms with Gasteiger partial charge >= 0.3 is 5.97 Å². The SMILES string of the molecule is CCOc1c(C#Cc2ccccc2)cc(Cl)cc1CC(=O)OCNc1ccc(C(=N)N)cc1. The summed E-state index contributed by atoms with van der Waals surface area (Å²) in [5.74, 6) is 6.27. The number of esters is 1. The number of hydrogen-bond acceptors (Lipinski definition) is 5. The molecule has 168 valence electrons. The molecular weight excluding hydrogens is 438 g/mol. The molecule has 3 rings (SSSR count). The number of carbonyl (C=O) groups excluding carboxylic acids is 1. The van der Waals surface area contributed by atoms with Gasteiger partial charge in [0.1, 0.15) is 11.6 Å². The second-order valence-corrected chi connectivity index (χ2v) is 7.43. The molecule has 0 unspecified atom stereocenters. The van der Waals surface area contributed by atoms with Gasteiger partial charge in [0.15, 0.2) is 6.73 Å². The standard InChI is InChI=1S/C26H24ClN3O3/c1-2-32-25-20(9-8-18-6-4-3-5-7-18)14-22(27)15-21(25)16-24(31)33-17-30-23-12-10-19(11-13-23)26(28)29/h3-7,10-15,30H,2,16-17H2,1H3,(H3,28,29). The number of ether oxygens (including phenoxy) is 2. The number of hydrogen-bond donors (Lipinski definition) is 3. The molecule has 0 aliphatic carbocycles. The Morgan fingerprint density at radius 2 is 1.82 bits per heavy atom. The van der Waals surface area contributed by atoms with Crippen LogP contribution in [0.1, 0.15) is 29.2 Å². The number of rotatable bonds is 8. The first-order chi connectivity index (χ1) is 16.0. The van der Waals surface area contributed by atoms with Gasteiger partial charge in [-0.05, 0) is 55.5 Å². The van der Waals surface area contributed by atoms with Crippen molar-refractivity contribution in [3.63, 3.8) is 0 Å². The Hall–Kier alpha value is -3.95. The van der Waals surface area contributed by atoms with E-state index < -0.39 is 5.97 Å². The lowest BCUT2D eigenvalue weighted by Gasteiger charge is -2.13. The molecule has 0 aromatic heterocycles. The van der Waals surface area contributed by atoms with Crippen LogP contribution >= 0.6 is 11.6 Å². The highest BCUT2D eigenvalue weighted by atomic mass is 35.5. The molecule has 0 heterocycles. The van der Waals surface area contributed by atoms with Crippen LogP contribution in [-0.4, -0.2) is 25.1 Å². The number of nitrogens with two attached hydrogens (primary N) is 1. The Balaban J connectivity index is 1.68. The summed E-state index contributed by atoms with van der Waals surface area (Å²) in [6.07, 6.45) is -0.0130. The minimum Gasteiger partial charge on any atom is -0.492 e. The first-order valence-electron chi connectivity index (χ1n) is 10.3. The minimum absolute atomic E-state index is 0.00701. The fourth-order valence-corrected chi connectivity index (χ4v) is 3.26. The molecule has 0 radical (unpaired) electrons. The van der Waals surface area contributed by atoms with E-state index in [0.717, 1.165) is 11.3 Å². The molecule has 33 heavy (non-hydrogen) atoms. The zero-order valence-corrected chi connectivity index (χ0v) is 18.9. The van der Waals surface area contributed by atoms with E-state index in [-0.39, 0.29) is 19.0 Å². The molecule has 0 amide bonds. The summed E-state index contributed by atoms with van der Waals surface area (Å²) in [6, 6.07) is 19.9. The normalized spacial score (nSPS) is 10.0. The third-order valence-corrected chi connectivity index (χ3v) is 4.79. The van der Waals surface area contributed by atoms with Crippen LogP contribution < -0.4 is 15.8 Å². The average Bonchev–Trinajstić information content (AvgIpc) is 2.80. The predicted octanol–water partition coefficient (Wildman–Crippen LogP) is 4.58. The summed E-state index contributed by atoms with van der Waals surface area (Å²) in [7, 11) is 0. The fraction of sp³-hybridized carbons (Fsp3) is 0.154. The summed E-state index contributed by atoms with van der Waals surface area (Å²) in [5.41, 5.74) is 8.89. The van der Waals surface area contributed by atoms with Gasteiger partial charge in [0.05, 0.1) is 18.6 Å². The van der Waals surface area contributed by atoms with Crippen molar-refractivity contribution in [1.82, 2.24) is 0 Å². The molecule has 0 saturated heterocycles. The maximum atomic E-state index is 12.5. The maximum absolute atomic E-state index is 12.5. The number of amidine groups is 1. The molecule has 0 aliphatic rings. The molecule has 7 heteroatoms. The lowest BCUT2D eigenvalue weighted by molar-refractivity contribution is -0.142. The van der Waals surface area contributed by atoms with Gasteiger partial charge in [-0.25, -0.2) is 0 Å². The second-order valence-electron chi connectivity index (χ2n) is 7.00. The highest BCUT2D eigenvalue weighted by molar-refractivity contribution is 6.30. The van der Waals surface area contributed by atoms with E-state index in [1.165, 1.54) is 0 Å². The lowest BCUT2D eigenvalue weighted by Crippen LogP contribution is -2.15. The maximum Gasteiger partial charge on any atom is 0.312 e. The van der Waals surface area contributed by atoms with E-state index in [9.17, 15) is 4.79 Å². The van der Waals surface area contributed by atoms with Gasteiger partial charge in [-0.15, -0.1) is 0 Å². The van der Waals surface area contributed by atoms with Crippen LogP contribution in [0.15, 0.2) is 66.7 Å². The molecule has 6 nitrogen and oxygen atoms in total. The summed E-state index contributed by atoms with van der Waals surface area (Å²) < 4.78 is 11.1. The van der Waals surface area contributed by atoms with Gasteiger partial charge in [-0.3, -0.25) is 10.2 Å². The number of nitrogen functional groups attached to an aromatic ring is 1. The van der Waals surface area contributed by atoms with Crippen LogP contribution in [0.3, 0.4) is 0 Å². The average molecular weight is 462 g/mol. The van der Waals surface area contributed by atoms with Gasteiger partial charge in [0, 0.05) is 27.4 Å². The van der Waals surface area contributed by atoms with Crippen molar-refractivity contribution in [3.8, 4) is 17.6 Å². The van der Waals surface area contributed by atoms with Crippen molar-refractivity contribution in [2.45, 2.75) is 13.3 Å². The molecule has 3 aromatic carbocycles. The Morgan fingerprint density at radius 1 is 1.09 bits per heavy atom. The number of halogens is 1. The Labute approximate surface area is 198 Å². The van der Waals surface area contributed by atoms with E-state index in [1.807, 2.05) is 37.3 Å². The van der Waals surface area contributed by atoms with Crippen molar-refractivity contribution in [2.24, 2.45) is 5.73 Å². The van der Waals surface area contributed by atoms with Crippen molar-refractivity contribution < 1.29 is 14.3 Å². The molecular formula is C26H24ClN3O3. The smallest absolute Gasteiger partial charge is 0.312 e. The monoisotopic (exact) mass is 461 g/mol. The lowest BCUT2D eigenvalue weighted by atomic mass is 10.1. The highest BCUT2D eigenvalue weighted by Crippen LogP contribution is 2.29. The molecule has 0 saturated carbocycles. The quantitative estimate of drug-likeness (QED) is 0.150. The third kappa shape index (κ3) is 7.03. The summed E-state index contributed by atoms with van der Waals surface area (Å²) in [5, 5.41) is 10.9. The van der Waals surface area contributed by atoms with Crippen LogP contribution in [-0.2, 0) is 16.0 Å². The van der Waals surface area contributed by atoms with Gasteiger partial charge in [-0.1, -0.05) is 41.6 Å². The zero-order chi connectivity index (χ0) is 23.6. The third-order valence-electron chi connectivity index (χ3n) is 4.57. The first kappa shape index (κ1) is 23.7. The summed E-state index contributed by atoms with van der Waals surface area (Å²) in [6.45, 7) is 2.28. The van der Waals surface area contributed by atoms with Gasteiger partial charge in [-0.2, -0.15) is 0 Å². The summed E-state index contributed by atoms with van der Waals surface area (Å²) in [4.78, 5) is 12.5. The molecule has 0 spiro atoms. The molecule has 0 bridgehead atoms. The highest BCUT2D eigenvalue weighted by Gasteiger charge is 2.15. The van der Waals surface area contributed by atoms with Crippen LogP contribution in [0.2, 0.25) is 5.02 Å². The first-order valence-corrected chi connectivity index (χ1v) is 10.7. The van der Waals surface area contributed by atoms with Crippen LogP contribution in [0.25, 0.3) is 0 Å². The number of nitrogens with one attached hydrogen (secondary N) is 2. The van der Waals surface area contributed by atoms with Gasteiger partial charge in [0.25, 0.3) is 0 Å². The van der Waals surface area contributed by atoms with E-state index in [1.54, 1.807) is 36.4 Å². The largest absolute Gasteiger partial charge is 0.492 e. The Morgan fingerprint density at radius 3 is 2.48 bits per heavy atom. The molecule has 4 N–H and O–H groups in total. The van der Waals surface area contributed by atoms with Crippen molar-refractivity contribution in [3.05, 3.63) is 94.0 Å². The minimum atomic E-state index is -0.437. The van der Waals surface area contributed by atoms with Crippen LogP contribution in [0, 0.1) is 17.3 Å². The zero-order valence-electron chi connectivity index (χ0n) is 18.2. The van der Waals surface area contributed by atoms with Crippen LogP contribution in [0.5, 0.6) is 5.75 Å². The molecule has 0 atom stereocenters. The van der Waals surface area contributed by atoms with E-state index in [2.05, 4.69) is 17.2 Å². The van der Waals surface area contributed by atoms with Crippen molar-refractivity contribution in [2.75, 3.05) is 18.7 Å². The van der Waals surface area contributed by atoms with E-state index in [0.29, 0.717) is 34.1 Å². The molecule has 0 aliphatic heterocycles. The molecule has 0 fully saturated rings. The van der Waals surface area contributed by atoms with Crippen molar-refractivity contribution >= 4 is 29.1 Å². The Bertz CT molecular complexity index is 1180. The fourth-order valence-electron chi connectivity index (χ4n) is 3.02. The number of benzene rings is 3. The molecule has 3 aromatic rings. The predicted molar refractivity (Wildman–Crippen MR) is 131 cm³/mol. The topological polar surface area (TPSA) is 97.4 Å². The van der Waals surface area contributed by atoms with Crippen LogP contribution in [0.4, 0.5) is 5.69 Å². The number of carbonyl (C=O) groups is 1. The van der Waals surface area contributed by atoms with E-state index in [4.69, 9.17) is 32.2 Å². The second kappa shape index (κ2) is 11.6. The van der Waals surface area contributed by atoms with Crippen molar-refractivity contribution in [1.29, 1.82) is 5.41 Å². The van der Waals surface area contributed by atoms with Gasteiger partial charge < -0.3 is 20.5 Å². The van der Waals surface area contributed by atoms with E-state index >= 15 is 0 Å². The van der Waals surface area contributed by atoms with Gasteiger partial charge in [0.2, 0.25) is 0 Å².